The van der Waals surface area contributed by atoms with E-state index in [1.165, 1.54) is 23.6 Å². The molecule has 2 aromatic heterocycles. The Kier molecular flexibility index (Phi) is 7.49. The van der Waals surface area contributed by atoms with Crippen LogP contribution in [-0.2, 0) is 14.3 Å². The van der Waals surface area contributed by atoms with E-state index in [1.54, 1.807) is 68.4 Å². The zero-order valence-electron chi connectivity index (χ0n) is 22.2. The number of allylic oxidation sites excluding steroid dienone is 1. The van der Waals surface area contributed by atoms with Crippen LogP contribution in [0.5, 0.6) is 5.75 Å². The van der Waals surface area contributed by atoms with Crippen LogP contribution >= 0.6 is 11.3 Å². The molecule has 0 unspecified atom stereocenters. The normalized spacial score (nSPS) is 14.8. The molecule has 11 nitrogen and oxygen atoms in total. The molecule has 0 spiro atoms. The quantitative estimate of drug-likeness (QED) is 0.140. The van der Waals surface area contributed by atoms with Crippen molar-refractivity contribution in [2.45, 2.75) is 26.8 Å². The van der Waals surface area contributed by atoms with Gasteiger partial charge < -0.3 is 13.9 Å². The number of nitrogens with zero attached hydrogens (tertiary/aromatic N) is 3. The lowest BCUT2D eigenvalue weighted by Gasteiger charge is -2.24. The molecule has 0 radical (unpaired) electrons. The zero-order valence-corrected chi connectivity index (χ0v) is 23.0. The Morgan fingerprint density at radius 3 is 2.56 bits per heavy atom. The van der Waals surface area contributed by atoms with Gasteiger partial charge in [-0.2, -0.15) is 0 Å². The highest BCUT2D eigenvalue weighted by molar-refractivity contribution is 7.07. The van der Waals surface area contributed by atoms with Crippen molar-refractivity contribution in [3.8, 4) is 17.1 Å². The van der Waals surface area contributed by atoms with E-state index in [9.17, 15) is 24.5 Å². The maximum atomic E-state index is 13.8. The van der Waals surface area contributed by atoms with Crippen LogP contribution < -0.4 is 19.6 Å². The number of thiazole rings is 1. The molecule has 41 heavy (non-hydrogen) atoms. The number of hydrogen-bond donors (Lipinski definition) is 0. The molecule has 5 rings (SSSR count). The number of benzene rings is 2. The summed E-state index contributed by atoms with van der Waals surface area (Å²) in [6, 6.07) is 15.1. The smallest absolute Gasteiger partial charge is 0.338 e. The molecule has 12 heteroatoms. The first-order valence-corrected chi connectivity index (χ1v) is 13.3. The fourth-order valence-electron chi connectivity index (χ4n) is 4.54. The lowest BCUT2D eigenvalue weighted by Crippen LogP contribution is -2.39. The highest BCUT2D eigenvalue weighted by Gasteiger charge is 2.33. The number of fused-ring (bicyclic) bond motifs is 1. The van der Waals surface area contributed by atoms with Crippen LogP contribution in [-0.4, -0.2) is 28.0 Å². The summed E-state index contributed by atoms with van der Waals surface area (Å²) >= 11 is 1.12. The van der Waals surface area contributed by atoms with Crippen LogP contribution in [0.25, 0.3) is 17.4 Å². The number of rotatable bonds is 7. The number of nitro groups is 1. The van der Waals surface area contributed by atoms with Crippen LogP contribution in [0.3, 0.4) is 0 Å². The largest absolute Gasteiger partial charge is 0.463 e. The van der Waals surface area contributed by atoms with E-state index in [1.807, 2.05) is 0 Å². The topological polar surface area (TPSA) is 143 Å². The number of carbonyl (C=O) groups excluding carboxylic acids is 2. The van der Waals surface area contributed by atoms with Crippen molar-refractivity contribution >= 4 is 35.0 Å². The molecule has 0 aliphatic carbocycles. The summed E-state index contributed by atoms with van der Waals surface area (Å²) in [7, 11) is 0. The third-order valence-corrected chi connectivity index (χ3v) is 7.22. The number of hydrogen-bond acceptors (Lipinski definition) is 10. The Hall–Kier alpha value is -5.10. The number of nitro benzene ring substituents is 1. The maximum absolute atomic E-state index is 13.8. The standard InChI is InChI=1S/C29H23N3O8S/c1-4-38-28(35)25-16(2)30-29-31(26(25)18-9-11-19(12-10-18)39-17(3)33)27(34)24(41-29)15-20-13-14-23(40-20)21-7-5-6-8-22(21)32(36)37/h5-15,26H,4H2,1-3H3/b24-15-/t26-/m0/s1. The van der Waals surface area contributed by atoms with Gasteiger partial charge in [0.05, 0.1) is 38.9 Å². The summed E-state index contributed by atoms with van der Waals surface area (Å²) in [5, 5.41) is 11.4. The van der Waals surface area contributed by atoms with Gasteiger partial charge in [0.2, 0.25) is 0 Å². The van der Waals surface area contributed by atoms with Gasteiger partial charge in [-0.25, -0.2) is 9.79 Å². The van der Waals surface area contributed by atoms with Gasteiger partial charge in [0.25, 0.3) is 11.2 Å². The predicted octanol–water partition coefficient (Wildman–Crippen LogP) is 3.89. The molecule has 0 saturated heterocycles. The number of esters is 2. The third kappa shape index (κ3) is 5.37. The summed E-state index contributed by atoms with van der Waals surface area (Å²) in [6.07, 6.45) is 1.53. The number of ether oxygens (including phenoxy) is 2. The van der Waals surface area contributed by atoms with E-state index in [4.69, 9.17) is 13.9 Å². The molecule has 1 atom stereocenters. The summed E-state index contributed by atoms with van der Waals surface area (Å²) in [5.41, 5.74) is 0.994. The molecular formula is C29H23N3O8S. The van der Waals surface area contributed by atoms with Gasteiger partial charge in [-0.1, -0.05) is 35.6 Å². The Balaban J connectivity index is 1.62. The molecule has 0 amide bonds. The second kappa shape index (κ2) is 11.2. The molecule has 0 fully saturated rings. The number of carbonyl (C=O) groups is 2. The summed E-state index contributed by atoms with van der Waals surface area (Å²) < 4.78 is 18.0. The summed E-state index contributed by atoms with van der Waals surface area (Å²) in [5.74, 6) is -0.164. The molecule has 1 aliphatic rings. The second-order valence-electron chi connectivity index (χ2n) is 8.94. The molecule has 1 aliphatic heterocycles. The fraction of sp³-hybridized carbons (Fsp3) is 0.172. The van der Waals surface area contributed by atoms with Gasteiger partial charge in [-0.05, 0) is 49.7 Å². The highest BCUT2D eigenvalue weighted by Crippen LogP contribution is 2.33. The van der Waals surface area contributed by atoms with Crippen molar-refractivity contribution in [2.24, 2.45) is 4.99 Å². The Labute approximate surface area is 236 Å². The minimum absolute atomic E-state index is 0.102. The minimum atomic E-state index is -0.849. The Morgan fingerprint density at radius 1 is 1.15 bits per heavy atom. The van der Waals surface area contributed by atoms with E-state index in [0.717, 1.165) is 11.3 Å². The molecule has 0 N–H and O–H groups in total. The van der Waals surface area contributed by atoms with Gasteiger partial charge in [-0.3, -0.25) is 24.3 Å². The monoisotopic (exact) mass is 573 g/mol. The average Bonchev–Trinajstić information content (AvgIpc) is 3.52. The molecule has 3 heterocycles. The van der Waals surface area contributed by atoms with Crippen molar-refractivity contribution in [3.05, 3.63) is 113 Å². The van der Waals surface area contributed by atoms with Crippen LogP contribution in [0, 0.1) is 10.1 Å². The van der Waals surface area contributed by atoms with E-state index in [2.05, 4.69) is 4.99 Å². The third-order valence-electron chi connectivity index (χ3n) is 6.24. The number of aromatic nitrogens is 1. The van der Waals surface area contributed by atoms with Crippen LogP contribution in [0.4, 0.5) is 5.69 Å². The first kappa shape index (κ1) is 27.5. The van der Waals surface area contributed by atoms with Crippen molar-refractivity contribution in [1.82, 2.24) is 4.57 Å². The van der Waals surface area contributed by atoms with E-state index >= 15 is 0 Å². The molecule has 208 valence electrons. The fourth-order valence-corrected chi connectivity index (χ4v) is 5.56. The van der Waals surface area contributed by atoms with Gasteiger partial charge in [0.15, 0.2) is 4.80 Å². The van der Waals surface area contributed by atoms with E-state index in [-0.39, 0.29) is 28.2 Å². The highest BCUT2D eigenvalue weighted by atomic mass is 32.1. The first-order chi connectivity index (χ1) is 19.7. The zero-order chi connectivity index (χ0) is 29.3. The maximum Gasteiger partial charge on any atom is 0.338 e. The first-order valence-electron chi connectivity index (χ1n) is 12.5. The Bertz CT molecular complexity index is 1900. The lowest BCUT2D eigenvalue weighted by atomic mass is 9.96. The average molecular weight is 574 g/mol. The predicted molar refractivity (Wildman–Crippen MR) is 149 cm³/mol. The molecule has 0 bridgehead atoms. The second-order valence-corrected chi connectivity index (χ2v) is 9.95. The Morgan fingerprint density at radius 2 is 1.88 bits per heavy atom. The van der Waals surface area contributed by atoms with Crippen molar-refractivity contribution in [1.29, 1.82) is 0 Å². The van der Waals surface area contributed by atoms with Gasteiger partial charge in [0, 0.05) is 19.1 Å². The lowest BCUT2D eigenvalue weighted by molar-refractivity contribution is -0.384. The summed E-state index contributed by atoms with van der Waals surface area (Å²) in [4.78, 5) is 54.0. The van der Waals surface area contributed by atoms with Crippen LogP contribution in [0.15, 0.2) is 86.1 Å². The summed E-state index contributed by atoms with van der Waals surface area (Å²) in [6.45, 7) is 4.79. The molecular weight excluding hydrogens is 550 g/mol. The van der Waals surface area contributed by atoms with E-state index in [0.29, 0.717) is 33.1 Å². The van der Waals surface area contributed by atoms with Crippen molar-refractivity contribution in [2.75, 3.05) is 6.61 Å². The van der Waals surface area contributed by atoms with Crippen LogP contribution in [0.1, 0.15) is 38.1 Å². The van der Waals surface area contributed by atoms with Crippen LogP contribution in [0.2, 0.25) is 0 Å². The SMILES string of the molecule is CCOC(=O)C1=C(C)N=c2s/c(=C\c3ccc(-c4ccccc4[N+](=O)[O-])o3)c(=O)n2[C@H]1c1ccc(OC(C)=O)cc1. The molecule has 0 saturated carbocycles. The van der Waals surface area contributed by atoms with Gasteiger partial charge >= 0.3 is 11.9 Å². The van der Waals surface area contributed by atoms with Gasteiger partial charge in [-0.15, -0.1) is 0 Å². The molecule has 2 aromatic carbocycles. The van der Waals surface area contributed by atoms with Crippen molar-refractivity contribution < 1.29 is 28.4 Å². The van der Waals surface area contributed by atoms with Gasteiger partial charge in [0.1, 0.15) is 17.3 Å². The minimum Gasteiger partial charge on any atom is -0.463 e. The molecule has 4 aromatic rings. The number of furan rings is 1. The van der Waals surface area contributed by atoms with Crippen molar-refractivity contribution in [3.63, 3.8) is 0 Å². The number of para-hydroxylation sites is 1. The van der Waals surface area contributed by atoms with E-state index < -0.39 is 28.5 Å².